The highest BCUT2D eigenvalue weighted by molar-refractivity contribution is 6.01. The molecular weight excluding hydrogens is 435 g/mol. The third-order valence-electron chi connectivity index (χ3n) is 9.77. The van der Waals surface area contributed by atoms with Gasteiger partial charge in [0.1, 0.15) is 0 Å². The normalized spacial score (nSPS) is 45.1. The summed E-state index contributed by atoms with van der Waals surface area (Å²) in [6.45, 7) is 5.70. The van der Waals surface area contributed by atoms with Crippen molar-refractivity contribution in [2.45, 2.75) is 70.4 Å². The summed E-state index contributed by atoms with van der Waals surface area (Å²) in [7, 11) is 0. The zero-order valence-corrected chi connectivity index (χ0v) is 19.9. The molecule has 1 heterocycles. The van der Waals surface area contributed by atoms with Gasteiger partial charge in [-0.15, -0.1) is 0 Å². The molecular formula is C27H33FN2O4. The Morgan fingerprint density at radius 3 is 2.68 bits per heavy atom. The summed E-state index contributed by atoms with van der Waals surface area (Å²) >= 11 is 0. The molecule has 4 aliphatic rings. The molecule has 0 aromatic carbocycles. The number of amides is 1. The number of nitrogens with zero attached hydrogens (tertiary/aromatic N) is 1. The molecule has 3 saturated carbocycles. The molecule has 182 valence electrons. The number of nitrogens with one attached hydrogen (secondary N) is 1. The molecule has 5 rings (SSSR count). The topological polar surface area (TPSA) is 99.5 Å². The van der Waals surface area contributed by atoms with Crippen molar-refractivity contribution in [3.63, 3.8) is 0 Å². The maximum absolute atomic E-state index is 17.2. The zero-order chi connectivity index (χ0) is 24.5. The summed E-state index contributed by atoms with van der Waals surface area (Å²) in [5, 5.41) is 26.2. The van der Waals surface area contributed by atoms with Crippen molar-refractivity contribution in [3.05, 3.63) is 53.9 Å². The van der Waals surface area contributed by atoms with Crippen molar-refractivity contribution < 1.29 is 24.2 Å². The summed E-state index contributed by atoms with van der Waals surface area (Å²) in [5.74, 6) is -1.85. The van der Waals surface area contributed by atoms with Crippen LogP contribution >= 0.6 is 0 Å². The second-order valence-corrected chi connectivity index (χ2v) is 11.2. The van der Waals surface area contributed by atoms with Crippen LogP contribution in [-0.2, 0) is 16.1 Å². The van der Waals surface area contributed by atoms with Crippen LogP contribution in [0.25, 0.3) is 0 Å². The van der Waals surface area contributed by atoms with E-state index in [9.17, 15) is 19.8 Å². The average Bonchev–Trinajstić information content (AvgIpc) is 3.01. The number of alkyl halides is 1. The van der Waals surface area contributed by atoms with Crippen molar-refractivity contribution >= 4 is 11.7 Å². The Morgan fingerprint density at radius 1 is 1.26 bits per heavy atom. The molecule has 3 N–H and O–H groups in total. The fourth-order valence-corrected chi connectivity index (χ4v) is 7.85. The number of aliphatic hydroxyl groups is 2. The first kappa shape index (κ1) is 23.4. The molecule has 7 heteroatoms. The van der Waals surface area contributed by atoms with Crippen LogP contribution in [0, 0.1) is 28.6 Å². The van der Waals surface area contributed by atoms with Gasteiger partial charge in [-0.1, -0.05) is 25.5 Å². The van der Waals surface area contributed by atoms with Crippen molar-refractivity contribution in [3.8, 4) is 0 Å². The summed E-state index contributed by atoms with van der Waals surface area (Å²) in [4.78, 5) is 29.4. The van der Waals surface area contributed by atoms with Gasteiger partial charge in [0.25, 0.3) is 5.91 Å². The van der Waals surface area contributed by atoms with Crippen LogP contribution in [0.2, 0.25) is 0 Å². The molecule has 8 atom stereocenters. The molecule has 0 saturated heterocycles. The molecule has 4 aliphatic carbocycles. The van der Waals surface area contributed by atoms with E-state index in [0.717, 1.165) is 11.1 Å². The van der Waals surface area contributed by atoms with Gasteiger partial charge in [-0.3, -0.25) is 14.6 Å². The van der Waals surface area contributed by atoms with Crippen LogP contribution in [0.3, 0.4) is 0 Å². The predicted octanol–water partition coefficient (Wildman–Crippen LogP) is 3.05. The van der Waals surface area contributed by atoms with E-state index < -0.39 is 45.9 Å². The molecule has 0 unspecified atom stereocenters. The Bertz CT molecular complexity index is 1090. The van der Waals surface area contributed by atoms with Crippen molar-refractivity contribution in [2.75, 3.05) is 0 Å². The van der Waals surface area contributed by atoms with Crippen LogP contribution in [-0.4, -0.2) is 44.3 Å². The van der Waals surface area contributed by atoms with Crippen molar-refractivity contribution in [1.82, 2.24) is 10.3 Å². The molecule has 3 fully saturated rings. The maximum atomic E-state index is 17.2. The number of fused-ring (bicyclic) bond motifs is 5. The van der Waals surface area contributed by atoms with E-state index in [0.29, 0.717) is 19.3 Å². The number of carbonyl (C=O) groups is 2. The average molecular weight is 469 g/mol. The number of rotatable bonds is 3. The van der Waals surface area contributed by atoms with E-state index in [1.807, 2.05) is 13.8 Å². The van der Waals surface area contributed by atoms with Gasteiger partial charge in [-0.25, -0.2) is 4.39 Å². The van der Waals surface area contributed by atoms with Crippen LogP contribution in [0.15, 0.2) is 48.3 Å². The van der Waals surface area contributed by atoms with Gasteiger partial charge >= 0.3 is 0 Å². The highest BCUT2D eigenvalue weighted by Gasteiger charge is 2.75. The molecule has 0 aliphatic heterocycles. The summed E-state index contributed by atoms with van der Waals surface area (Å²) < 4.78 is 17.2. The number of carbonyl (C=O) groups excluding carboxylic acids is 2. The largest absolute Gasteiger partial charge is 0.390 e. The molecule has 1 aromatic heterocycles. The lowest BCUT2D eigenvalue weighted by Crippen LogP contribution is -2.70. The Kier molecular flexibility index (Phi) is 5.19. The fourth-order valence-electron chi connectivity index (χ4n) is 7.85. The predicted molar refractivity (Wildman–Crippen MR) is 124 cm³/mol. The molecule has 1 amide bonds. The lowest BCUT2D eigenvalue weighted by molar-refractivity contribution is -0.219. The van der Waals surface area contributed by atoms with Gasteiger partial charge in [0.15, 0.2) is 17.1 Å². The lowest BCUT2D eigenvalue weighted by Gasteiger charge is -2.62. The first-order chi connectivity index (χ1) is 16.0. The lowest BCUT2D eigenvalue weighted by atomic mass is 9.44. The second kappa shape index (κ2) is 7.56. The monoisotopic (exact) mass is 468 g/mol. The van der Waals surface area contributed by atoms with Gasteiger partial charge in [0.2, 0.25) is 0 Å². The van der Waals surface area contributed by atoms with Gasteiger partial charge in [0, 0.05) is 35.7 Å². The molecule has 6 nitrogen and oxygen atoms in total. The zero-order valence-electron chi connectivity index (χ0n) is 19.9. The molecule has 0 radical (unpaired) electrons. The number of hydrogen-bond donors (Lipinski definition) is 3. The van der Waals surface area contributed by atoms with Crippen LogP contribution < -0.4 is 5.32 Å². The van der Waals surface area contributed by atoms with Crippen molar-refractivity contribution in [1.29, 1.82) is 0 Å². The van der Waals surface area contributed by atoms with Gasteiger partial charge in [-0.05, 0) is 74.3 Å². The first-order valence-corrected chi connectivity index (χ1v) is 12.2. The third-order valence-corrected chi connectivity index (χ3v) is 9.77. The Balaban J connectivity index is 1.49. The van der Waals surface area contributed by atoms with Gasteiger partial charge in [0.05, 0.1) is 6.10 Å². The van der Waals surface area contributed by atoms with E-state index in [4.69, 9.17) is 0 Å². The number of aromatic nitrogens is 1. The van der Waals surface area contributed by atoms with Crippen LogP contribution in [0.5, 0.6) is 0 Å². The third kappa shape index (κ3) is 2.83. The Labute approximate surface area is 199 Å². The van der Waals surface area contributed by atoms with E-state index in [1.54, 1.807) is 37.5 Å². The van der Waals surface area contributed by atoms with E-state index >= 15 is 4.39 Å². The van der Waals surface area contributed by atoms with Crippen LogP contribution in [0.4, 0.5) is 4.39 Å². The molecule has 1 aromatic rings. The van der Waals surface area contributed by atoms with E-state index in [-0.39, 0.29) is 24.7 Å². The number of ketones is 1. The highest BCUT2D eigenvalue weighted by Crippen LogP contribution is 2.70. The second-order valence-electron chi connectivity index (χ2n) is 11.2. The Morgan fingerprint density at radius 2 is 1.97 bits per heavy atom. The van der Waals surface area contributed by atoms with E-state index in [1.165, 1.54) is 12.2 Å². The maximum Gasteiger partial charge on any atom is 0.253 e. The van der Waals surface area contributed by atoms with Gasteiger partial charge in [-0.2, -0.15) is 0 Å². The quantitative estimate of drug-likeness (QED) is 0.633. The minimum absolute atomic E-state index is 0.0289. The number of hydrogen-bond acceptors (Lipinski definition) is 5. The SMILES string of the molecule is C[C@@H]1C[C@H]2[C@@H]3CCC4=CC(=O)C=C[C@]4(C)[C@@]3(F)[C@@H](O)C[C@]2(C)[C@@]1(O)C(=O)NCc1ccncc1. The number of halogens is 1. The highest BCUT2D eigenvalue weighted by atomic mass is 19.1. The number of allylic oxidation sites excluding steroid dienone is 4. The van der Waals surface area contributed by atoms with Gasteiger partial charge < -0.3 is 15.5 Å². The molecule has 0 bridgehead atoms. The van der Waals surface area contributed by atoms with Crippen LogP contribution in [0.1, 0.15) is 52.0 Å². The summed E-state index contributed by atoms with van der Waals surface area (Å²) in [6.07, 6.45) is 7.93. The Hall–Kier alpha value is -2.38. The van der Waals surface area contributed by atoms with E-state index in [2.05, 4.69) is 10.3 Å². The first-order valence-electron chi connectivity index (χ1n) is 12.2. The molecule has 0 spiro atoms. The minimum Gasteiger partial charge on any atom is -0.390 e. The fraction of sp³-hybridized carbons (Fsp3) is 0.593. The van der Waals surface area contributed by atoms with Crippen molar-refractivity contribution in [2.24, 2.45) is 28.6 Å². The molecule has 34 heavy (non-hydrogen) atoms. The number of aliphatic hydroxyl groups excluding tert-OH is 1. The summed E-state index contributed by atoms with van der Waals surface area (Å²) in [6, 6.07) is 3.59. The number of pyridine rings is 1. The standard InChI is InChI=1S/C27H33FN2O4/c1-16-12-21-20-5-4-18-13-19(31)6-9-24(18,2)26(20,28)22(32)14-25(21,3)27(16,34)23(33)30-15-17-7-10-29-11-8-17/h6-11,13,16,20-22,32,34H,4-5,12,14-15H2,1-3H3,(H,30,33)/t16-,20+,21+,22+,24+,25+,26+,27+/m1/s1. The minimum atomic E-state index is -1.98. The smallest absolute Gasteiger partial charge is 0.253 e. The summed E-state index contributed by atoms with van der Waals surface area (Å²) in [5.41, 5.74) is -4.20.